The highest BCUT2D eigenvalue weighted by molar-refractivity contribution is 6.01. The molecule has 2 rings (SSSR count). The van der Waals surface area contributed by atoms with E-state index >= 15 is 0 Å². The average molecular weight is 262 g/mol. The Balaban J connectivity index is 2.27. The number of amides is 1. The third kappa shape index (κ3) is 2.54. The molecule has 0 aliphatic rings. The van der Waals surface area contributed by atoms with Crippen LogP contribution in [0.5, 0.6) is 0 Å². The number of carboxylic acids is 1. The Morgan fingerprint density at radius 3 is 2.79 bits per heavy atom. The van der Waals surface area contributed by atoms with E-state index in [1.54, 1.807) is 32.3 Å². The maximum absolute atomic E-state index is 12.1. The summed E-state index contributed by atoms with van der Waals surface area (Å²) in [5.41, 5.74) is 0.653. The SMILES string of the molecule is CC(C)[C@@H](NC(=O)c1cnn2cccnc12)C(=O)O. The number of aliphatic carboxylic acids is 1. The zero-order chi connectivity index (χ0) is 14.0. The number of carbonyl (C=O) groups excluding carboxylic acids is 1. The van der Waals surface area contributed by atoms with Crippen LogP contribution in [0.2, 0.25) is 0 Å². The van der Waals surface area contributed by atoms with Gasteiger partial charge in [-0.1, -0.05) is 13.8 Å². The molecule has 1 atom stereocenters. The Morgan fingerprint density at radius 2 is 2.16 bits per heavy atom. The molecule has 0 unspecified atom stereocenters. The smallest absolute Gasteiger partial charge is 0.326 e. The fraction of sp³-hybridized carbons (Fsp3) is 0.333. The molecule has 7 nitrogen and oxygen atoms in total. The number of nitrogens with one attached hydrogen (secondary N) is 1. The number of fused-ring (bicyclic) bond motifs is 1. The van der Waals surface area contributed by atoms with Crippen molar-refractivity contribution in [3.05, 3.63) is 30.2 Å². The van der Waals surface area contributed by atoms with Crippen LogP contribution in [0, 0.1) is 5.92 Å². The Hall–Kier alpha value is -2.44. The van der Waals surface area contributed by atoms with E-state index in [0.717, 1.165) is 0 Å². The van der Waals surface area contributed by atoms with Crippen LogP contribution in [0.25, 0.3) is 5.65 Å². The lowest BCUT2D eigenvalue weighted by molar-refractivity contribution is -0.140. The molecule has 0 aromatic carbocycles. The van der Waals surface area contributed by atoms with Crippen LogP contribution < -0.4 is 5.32 Å². The molecule has 0 radical (unpaired) electrons. The maximum atomic E-state index is 12.1. The van der Waals surface area contributed by atoms with Gasteiger partial charge in [-0.15, -0.1) is 0 Å². The van der Waals surface area contributed by atoms with Gasteiger partial charge in [0.1, 0.15) is 11.6 Å². The van der Waals surface area contributed by atoms with Crippen molar-refractivity contribution in [3.63, 3.8) is 0 Å². The van der Waals surface area contributed by atoms with Gasteiger partial charge in [0, 0.05) is 12.4 Å². The van der Waals surface area contributed by atoms with Crippen molar-refractivity contribution in [1.29, 1.82) is 0 Å². The first-order chi connectivity index (χ1) is 9.00. The molecule has 0 bridgehead atoms. The number of rotatable bonds is 4. The molecule has 0 saturated carbocycles. The minimum atomic E-state index is -1.06. The molecule has 2 heterocycles. The minimum Gasteiger partial charge on any atom is -0.480 e. The van der Waals surface area contributed by atoms with Crippen LogP contribution in [0.3, 0.4) is 0 Å². The molecule has 2 aromatic rings. The van der Waals surface area contributed by atoms with Gasteiger partial charge in [-0.25, -0.2) is 14.3 Å². The second kappa shape index (κ2) is 5.05. The predicted octanol–water partition coefficient (Wildman–Crippen LogP) is 0.568. The van der Waals surface area contributed by atoms with Gasteiger partial charge in [-0.05, 0) is 12.0 Å². The summed E-state index contributed by atoms with van der Waals surface area (Å²) < 4.78 is 1.46. The van der Waals surface area contributed by atoms with Gasteiger partial charge in [0.05, 0.1) is 6.20 Å². The second-order valence-corrected chi connectivity index (χ2v) is 4.48. The van der Waals surface area contributed by atoms with Gasteiger partial charge in [0.2, 0.25) is 0 Å². The summed E-state index contributed by atoms with van der Waals surface area (Å²) in [5, 5.41) is 15.5. The van der Waals surface area contributed by atoms with Gasteiger partial charge in [-0.2, -0.15) is 5.10 Å². The molecule has 1 amide bonds. The summed E-state index contributed by atoms with van der Waals surface area (Å²) in [5.74, 6) is -1.76. The number of hydrogen-bond donors (Lipinski definition) is 2. The first kappa shape index (κ1) is 13.0. The highest BCUT2D eigenvalue weighted by Crippen LogP contribution is 2.09. The molecular weight excluding hydrogens is 248 g/mol. The van der Waals surface area contributed by atoms with E-state index in [4.69, 9.17) is 5.11 Å². The van der Waals surface area contributed by atoms with Crippen LogP contribution >= 0.6 is 0 Å². The standard InChI is InChI=1S/C12H14N4O3/c1-7(2)9(12(18)19)15-11(17)8-6-14-16-5-3-4-13-10(8)16/h3-7,9H,1-2H3,(H,15,17)(H,18,19)/t9-/m1/s1. The van der Waals surface area contributed by atoms with Gasteiger partial charge in [0.25, 0.3) is 5.91 Å². The van der Waals surface area contributed by atoms with Crippen molar-refractivity contribution in [1.82, 2.24) is 19.9 Å². The number of hydrogen-bond acceptors (Lipinski definition) is 4. The third-order valence-electron chi connectivity index (χ3n) is 2.74. The Morgan fingerprint density at radius 1 is 1.42 bits per heavy atom. The van der Waals surface area contributed by atoms with E-state index in [-0.39, 0.29) is 11.5 Å². The fourth-order valence-corrected chi connectivity index (χ4v) is 1.72. The van der Waals surface area contributed by atoms with Gasteiger partial charge < -0.3 is 10.4 Å². The van der Waals surface area contributed by atoms with Crippen molar-refractivity contribution in [3.8, 4) is 0 Å². The molecule has 7 heteroatoms. The number of aromatic nitrogens is 3. The van der Waals surface area contributed by atoms with Crippen molar-refractivity contribution in [2.24, 2.45) is 5.92 Å². The maximum Gasteiger partial charge on any atom is 0.326 e. The summed E-state index contributed by atoms with van der Waals surface area (Å²) in [6.07, 6.45) is 4.58. The van der Waals surface area contributed by atoms with Crippen LogP contribution in [-0.4, -0.2) is 37.6 Å². The molecular formula is C12H14N4O3. The first-order valence-electron chi connectivity index (χ1n) is 5.82. The molecule has 2 N–H and O–H groups in total. The van der Waals surface area contributed by atoms with Crippen LogP contribution in [0.15, 0.2) is 24.7 Å². The highest BCUT2D eigenvalue weighted by atomic mass is 16.4. The van der Waals surface area contributed by atoms with Crippen molar-refractivity contribution in [2.45, 2.75) is 19.9 Å². The molecule has 0 spiro atoms. The largest absolute Gasteiger partial charge is 0.480 e. The molecule has 0 aliphatic carbocycles. The Kier molecular flexibility index (Phi) is 3.46. The van der Waals surface area contributed by atoms with E-state index in [2.05, 4.69) is 15.4 Å². The highest BCUT2D eigenvalue weighted by Gasteiger charge is 2.25. The van der Waals surface area contributed by atoms with Crippen molar-refractivity contribution < 1.29 is 14.7 Å². The zero-order valence-corrected chi connectivity index (χ0v) is 10.6. The van der Waals surface area contributed by atoms with Crippen molar-refractivity contribution >= 4 is 17.5 Å². The van der Waals surface area contributed by atoms with Crippen molar-refractivity contribution in [2.75, 3.05) is 0 Å². The molecule has 19 heavy (non-hydrogen) atoms. The number of nitrogens with zero attached hydrogens (tertiary/aromatic N) is 3. The van der Waals surface area contributed by atoms with Crippen LogP contribution in [0.1, 0.15) is 24.2 Å². The molecule has 0 fully saturated rings. The van der Waals surface area contributed by atoms with E-state index in [9.17, 15) is 9.59 Å². The van der Waals surface area contributed by atoms with E-state index in [1.807, 2.05) is 0 Å². The summed E-state index contributed by atoms with van der Waals surface area (Å²) in [6, 6.07) is 0.752. The van der Waals surface area contributed by atoms with E-state index in [0.29, 0.717) is 5.65 Å². The Labute approximate surface area is 109 Å². The Bertz CT molecular complexity index is 620. The molecule has 100 valence electrons. The lowest BCUT2D eigenvalue weighted by Gasteiger charge is -2.17. The lowest BCUT2D eigenvalue weighted by atomic mass is 10.0. The first-order valence-corrected chi connectivity index (χ1v) is 5.82. The summed E-state index contributed by atoms with van der Waals surface area (Å²) in [4.78, 5) is 27.2. The third-order valence-corrected chi connectivity index (χ3v) is 2.74. The summed E-state index contributed by atoms with van der Waals surface area (Å²) in [7, 11) is 0. The molecule has 0 saturated heterocycles. The quantitative estimate of drug-likeness (QED) is 0.839. The monoisotopic (exact) mass is 262 g/mol. The van der Waals surface area contributed by atoms with E-state index in [1.165, 1.54) is 10.7 Å². The predicted molar refractivity (Wildman–Crippen MR) is 66.7 cm³/mol. The van der Waals surface area contributed by atoms with Crippen LogP contribution in [-0.2, 0) is 4.79 Å². The van der Waals surface area contributed by atoms with Crippen LogP contribution in [0.4, 0.5) is 0 Å². The zero-order valence-electron chi connectivity index (χ0n) is 10.6. The topological polar surface area (TPSA) is 96.6 Å². The molecule has 2 aromatic heterocycles. The normalized spacial score (nSPS) is 12.6. The van der Waals surface area contributed by atoms with Gasteiger partial charge in [-0.3, -0.25) is 4.79 Å². The number of carbonyl (C=O) groups is 2. The fourth-order valence-electron chi connectivity index (χ4n) is 1.72. The lowest BCUT2D eigenvalue weighted by Crippen LogP contribution is -2.44. The van der Waals surface area contributed by atoms with Gasteiger partial charge >= 0.3 is 5.97 Å². The summed E-state index contributed by atoms with van der Waals surface area (Å²) in [6.45, 7) is 3.46. The number of carboxylic acid groups (broad SMARTS) is 1. The minimum absolute atomic E-state index is 0.212. The average Bonchev–Trinajstić information content (AvgIpc) is 2.78. The molecule has 0 aliphatic heterocycles. The van der Waals surface area contributed by atoms with E-state index < -0.39 is 17.9 Å². The second-order valence-electron chi connectivity index (χ2n) is 4.48. The summed E-state index contributed by atoms with van der Waals surface area (Å²) >= 11 is 0. The van der Waals surface area contributed by atoms with Gasteiger partial charge in [0.15, 0.2) is 5.65 Å².